The topological polar surface area (TPSA) is 43.4 Å². The second-order valence-electron chi connectivity index (χ2n) is 5.58. The molecule has 0 bridgehead atoms. The number of ether oxygens (including phenoxy) is 1. The van der Waals surface area contributed by atoms with Gasteiger partial charge in [0.15, 0.2) is 0 Å². The highest BCUT2D eigenvalue weighted by Crippen LogP contribution is 2.11. The number of ketones is 1. The molecule has 0 saturated carbocycles. The SMILES string of the molecule is CCCCCCCCCCCCCCOC(=O)C(C)=O. The van der Waals surface area contributed by atoms with Gasteiger partial charge in [0.05, 0.1) is 6.61 Å². The van der Waals surface area contributed by atoms with E-state index < -0.39 is 11.8 Å². The third-order valence-corrected chi connectivity index (χ3v) is 3.52. The van der Waals surface area contributed by atoms with Crippen molar-refractivity contribution in [3.05, 3.63) is 0 Å². The van der Waals surface area contributed by atoms with Gasteiger partial charge in [-0.05, 0) is 6.42 Å². The second kappa shape index (κ2) is 14.5. The number of rotatable bonds is 14. The minimum Gasteiger partial charge on any atom is -0.460 e. The van der Waals surface area contributed by atoms with Gasteiger partial charge in [-0.2, -0.15) is 0 Å². The Balaban J connectivity index is 3.06. The standard InChI is InChI=1S/C17H32O3/c1-3-4-5-6-7-8-9-10-11-12-13-14-15-20-17(19)16(2)18/h3-15H2,1-2H3. The Bertz CT molecular complexity index is 249. The van der Waals surface area contributed by atoms with Crippen LogP contribution in [0.1, 0.15) is 90.9 Å². The lowest BCUT2D eigenvalue weighted by Gasteiger charge is -2.03. The molecular weight excluding hydrogens is 252 g/mol. The molecule has 0 aliphatic rings. The molecule has 0 spiro atoms. The van der Waals surface area contributed by atoms with Crippen molar-refractivity contribution in [2.45, 2.75) is 90.9 Å². The van der Waals surface area contributed by atoms with Gasteiger partial charge in [-0.15, -0.1) is 0 Å². The summed E-state index contributed by atoms with van der Waals surface area (Å²) < 4.78 is 4.81. The number of hydrogen-bond acceptors (Lipinski definition) is 3. The summed E-state index contributed by atoms with van der Waals surface area (Å²) in [5.41, 5.74) is 0. The number of carbonyl (C=O) groups is 2. The highest BCUT2D eigenvalue weighted by Gasteiger charge is 2.07. The van der Waals surface area contributed by atoms with E-state index in [4.69, 9.17) is 4.74 Å². The van der Waals surface area contributed by atoms with Crippen molar-refractivity contribution in [1.82, 2.24) is 0 Å². The fourth-order valence-corrected chi connectivity index (χ4v) is 2.21. The number of Topliss-reactive ketones (excluding diaryl/α,β-unsaturated/α-hetero) is 1. The molecule has 0 N–H and O–H groups in total. The molecule has 0 aromatic carbocycles. The summed E-state index contributed by atoms with van der Waals surface area (Å²) in [5, 5.41) is 0. The fourth-order valence-electron chi connectivity index (χ4n) is 2.21. The largest absolute Gasteiger partial charge is 0.460 e. The van der Waals surface area contributed by atoms with Crippen molar-refractivity contribution in [3.63, 3.8) is 0 Å². The maximum Gasteiger partial charge on any atom is 0.374 e. The highest BCUT2D eigenvalue weighted by molar-refractivity contribution is 6.32. The summed E-state index contributed by atoms with van der Waals surface area (Å²) in [6, 6.07) is 0. The van der Waals surface area contributed by atoms with E-state index in [0.717, 1.165) is 12.8 Å². The Hall–Kier alpha value is -0.860. The lowest BCUT2D eigenvalue weighted by atomic mass is 10.1. The van der Waals surface area contributed by atoms with Gasteiger partial charge in [0.25, 0.3) is 0 Å². The lowest BCUT2D eigenvalue weighted by Crippen LogP contribution is -2.14. The quantitative estimate of drug-likeness (QED) is 0.261. The van der Waals surface area contributed by atoms with Crippen molar-refractivity contribution in [3.8, 4) is 0 Å². The summed E-state index contributed by atoms with van der Waals surface area (Å²) in [5.74, 6) is -1.21. The Kier molecular flexibility index (Phi) is 13.9. The van der Waals surface area contributed by atoms with E-state index >= 15 is 0 Å². The van der Waals surface area contributed by atoms with Crippen LogP contribution in [0.25, 0.3) is 0 Å². The molecule has 3 heteroatoms. The third-order valence-electron chi connectivity index (χ3n) is 3.52. The molecule has 0 heterocycles. The zero-order valence-electron chi connectivity index (χ0n) is 13.4. The van der Waals surface area contributed by atoms with Crippen LogP contribution in [-0.4, -0.2) is 18.4 Å². The predicted molar refractivity (Wildman–Crippen MR) is 82.7 cm³/mol. The van der Waals surface area contributed by atoms with Crippen molar-refractivity contribution in [2.24, 2.45) is 0 Å². The summed E-state index contributed by atoms with van der Waals surface area (Å²) in [7, 11) is 0. The summed E-state index contributed by atoms with van der Waals surface area (Å²) >= 11 is 0. The van der Waals surface area contributed by atoms with Gasteiger partial charge in [0, 0.05) is 6.92 Å². The predicted octanol–water partition coefficient (Wildman–Crippen LogP) is 4.82. The zero-order chi connectivity index (χ0) is 15.1. The van der Waals surface area contributed by atoms with E-state index in [9.17, 15) is 9.59 Å². The highest BCUT2D eigenvalue weighted by atomic mass is 16.5. The van der Waals surface area contributed by atoms with E-state index in [0.29, 0.717) is 6.61 Å². The van der Waals surface area contributed by atoms with E-state index in [1.54, 1.807) is 0 Å². The molecule has 0 saturated heterocycles. The monoisotopic (exact) mass is 284 g/mol. The molecule has 20 heavy (non-hydrogen) atoms. The Labute approximate surface area is 124 Å². The van der Waals surface area contributed by atoms with Crippen LogP contribution in [0.4, 0.5) is 0 Å². The minimum atomic E-state index is -0.701. The molecule has 0 rings (SSSR count). The van der Waals surface area contributed by atoms with E-state index in [2.05, 4.69) is 6.92 Å². The fraction of sp³-hybridized carbons (Fsp3) is 0.882. The van der Waals surface area contributed by atoms with Crippen LogP contribution < -0.4 is 0 Å². The average molecular weight is 284 g/mol. The summed E-state index contributed by atoms with van der Waals surface area (Å²) in [4.78, 5) is 21.5. The van der Waals surface area contributed by atoms with Crippen LogP contribution in [0, 0.1) is 0 Å². The van der Waals surface area contributed by atoms with Gasteiger partial charge in [-0.1, -0.05) is 77.6 Å². The first-order valence-corrected chi connectivity index (χ1v) is 8.36. The maximum atomic E-state index is 10.9. The molecule has 0 unspecified atom stereocenters. The number of hydrogen-bond donors (Lipinski definition) is 0. The molecule has 0 aliphatic heterocycles. The first-order chi connectivity index (χ1) is 9.68. The molecule has 0 radical (unpaired) electrons. The molecule has 3 nitrogen and oxygen atoms in total. The van der Waals surface area contributed by atoms with Crippen molar-refractivity contribution < 1.29 is 14.3 Å². The molecule has 118 valence electrons. The molecule has 0 aromatic rings. The average Bonchev–Trinajstić information content (AvgIpc) is 2.43. The zero-order valence-corrected chi connectivity index (χ0v) is 13.4. The normalized spacial score (nSPS) is 10.5. The molecule has 0 atom stereocenters. The molecule has 0 aromatic heterocycles. The molecule has 0 aliphatic carbocycles. The van der Waals surface area contributed by atoms with Gasteiger partial charge in [-0.3, -0.25) is 4.79 Å². The number of esters is 1. The first kappa shape index (κ1) is 19.1. The Morgan fingerprint density at radius 2 is 1.10 bits per heavy atom. The smallest absolute Gasteiger partial charge is 0.374 e. The second-order valence-corrected chi connectivity index (χ2v) is 5.58. The van der Waals surface area contributed by atoms with Gasteiger partial charge < -0.3 is 4.74 Å². The summed E-state index contributed by atoms with van der Waals surface area (Å²) in [6.45, 7) is 3.88. The Morgan fingerprint density at radius 1 is 0.700 bits per heavy atom. The van der Waals surface area contributed by atoms with Crippen LogP contribution in [0.2, 0.25) is 0 Å². The third kappa shape index (κ3) is 13.6. The van der Waals surface area contributed by atoms with Gasteiger partial charge in [0.2, 0.25) is 5.78 Å². The van der Waals surface area contributed by atoms with E-state index in [1.807, 2.05) is 0 Å². The van der Waals surface area contributed by atoms with Crippen molar-refractivity contribution >= 4 is 11.8 Å². The first-order valence-electron chi connectivity index (χ1n) is 8.36. The van der Waals surface area contributed by atoms with Gasteiger partial charge in [0.1, 0.15) is 0 Å². The minimum absolute atomic E-state index is 0.385. The lowest BCUT2D eigenvalue weighted by molar-refractivity contribution is -0.153. The van der Waals surface area contributed by atoms with Crippen LogP contribution in [-0.2, 0) is 14.3 Å². The van der Waals surface area contributed by atoms with Crippen LogP contribution in [0.3, 0.4) is 0 Å². The van der Waals surface area contributed by atoms with Crippen LogP contribution in [0.5, 0.6) is 0 Å². The molecule has 0 amide bonds. The van der Waals surface area contributed by atoms with Gasteiger partial charge >= 0.3 is 5.97 Å². The molecular formula is C17H32O3. The summed E-state index contributed by atoms with van der Waals surface area (Å²) in [6.07, 6.45) is 15.4. The van der Waals surface area contributed by atoms with Crippen molar-refractivity contribution in [2.75, 3.05) is 6.61 Å². The van der Waals surface area contributed by atoms with E-state index in [1.165, 1.54) is 71.1 Å². The van der Waals surface area contributed by atoms with Crippen molar-refractivity contribution in [1.29, 1.82) is 0 Å². The Morgan fingerprint density at radius 3 is 1.50 bits per heavy atom. The molecule has 0 fully saturated rings. The van der Waals surface area contributed by atoms with Crippen LogP contribution in [0.15, 0.2) is 0 Å². The van der Waals surface area contributed by atoms with E-state index in [-0.39, 0.29) is 0 Å². The number of carbonyl (C=O) groups excluding carboxylic acids is 2. The van der Waals surface area contributed by atoms with Gasteiger partial charge in [-0.25, -0.2) is 4.79 Å². The number of unbranched alkanes of at least 4 members (excludes halogenated alkanes) is 11. The van der Waals surface area contributed by atoms with Crippen LogP contribution >= 0.6 is 0 Å². The maximum absolute atomic E-state index is 10.9.